The number of fused-ring (bicyclic) bond motifs is 1. The van der Waals surface area contributed by atoms with Gasteiger partial charge in [-0.1, -0.05) is 0 Å². The maximum atomic E-state index is 5.15. The standard InChI is InChI=1S/C14H21N3O/c1-18-14-9-11(4-6-15-14)10-16-12-5-8-17-7-2-3-13(12)17/h4,6,9,12-13,16H,2-3,5,7-8,10H2,1H3. The summed E-state index contributed by atoms with van der Waals surface area (Å²) in [4.78, 5) is 6.76. The van der Waals surface area contributed by atoms with E-state index in [1.807, 2.05) is 12.3 Å². The van der Waals surface area contributed by atoms with Gasteiger partial charge in [0.2, 0.25) is 5.88 Å². The molecule has 3 heterocycles. The van der Waals surface area contributed by atoms with E-state index in [1.54, 1.807) is 7.11 Å². The van der Waals surface area contributed by atoms with E-state index in [2.05, 4.69) is 21.3 Å². The Hall–Kier alpha value is -1.13. The highest BCUT2D eigenvalue weighted by Crippen LogP contribution is 2.28. The monoisotopic (exact) mass is 247 g/mol. The summed E-state index contributed by atoms with van der Waals surface area (Å²) in [5.41, 5.74) is 1.25. The van der Waals surface area contributed by atoms with Gasteiger partial charge < -0.3 is 10.1 Å². The average molecular weight is 247 g/mol. The molecule has 1 N–H and O–H groups in total. The quantitative estimate of drug-likeness (QED) is 0.873. The molecule has 2 aliphatic rings. The summed E-state index contributed by atoms with van der Waals surface area (Å²) in [6, 6.07) is 5.49. The number of aromatic nitrogens is 1. The molecule has 2 atom stereocenters. The van der Waals surface area contributed by atoms with Gasteiger partial charge in [-0.3, -0.25) is 4.90 Å². The molecular formula is C14H21N3O. The normalized spacial score (nSPS) is 27.4. The zero-order valence-corrected chi connectivity index (χ0v) is 10.9. The van der Waals surface area contributed by atoms with Crippen LogP contribution in [0.15, 0.2) is 18.3 Å². The molecule has 0 bridgehead atoms. The average Bonchev–Trinajstić information content (AvgIpc) is 3.00. The highest BCUT2D eigenvalue weighted by molar-refractivity contribution is 5.20. The number of methoxy groups -OCH3 is 1. The Morgan fingerprint density at radius 1 is 1.44 bits per heavy atom. The van der Waals surface area contributed by atoms with E-state index in [0.717, 1.165) is 12.6 Å². The Bertz CT molecular complexity index is 410. The van der Waals surface area contributed by atoms with Gasteiger partial charge in [-0.15, -0.1) is 0 Å². The second-order valence-electron chi connectivity index (χ2n) is 5.23. The first kappa shape index (κ1) is 11.9. The second-order valence-corrected chi connectivity index (χ2v) is 5.23. The fourth-order valence-electron chi connectivity index (χ4n) is 3.24. The third kappa shape index (κ3) is 2.35. The maximum Gasteiger partial charge on any atom is 0.213 e. The molecule has 2 saturated heterocycles. The van der Waals surface area contributed by atoms with E-state index < -0.39 is 0 Å². The van der Waals surface area contributed by atoms with Gasteiger partial charge in [0.25, 0.3) is 0 Å². The van der Waals surface area contributed by atoms with Crippen LogP contribution in [0, 0.1) is 0 Å². The fraction of sp³-hybridized carbons (Fsp3) is 0.643. The molecule has 0 aliphatic carbocycles. The van der Waals surface area contributed by atoms with Crippen LogP contribution in [0.3, 0.4) is 0 Å². The van der Waals surface area contributed by atoms with Crippen molar-refractivity contribution in [3.05, 3.63) is 23.9 Å². The Morgan fingerprint density at radius 3 is 3.28 bits per heavy atom. The first-order valence-electron chi connectivity index (χ1n) is 6.83. The molecule has 98 valence electrons. The summed E-state index contributed by atoms with van der Waals surface area (Å²) >= 11 is 0. The highest BCUT2D eigenvalue weighted by Gasteiger charge is 2.36. The maximum absolute atomic E-state index is 5.15. The van der Waals surface area contributed by atoms with Crippen LogP contribution >= 0.6 is 0 Å². The zero-order chi connectivity index (χ0) is 12.4. The molecular weight excluding hydrogens is 226 g/mol. The lowest BCUT2D eigenvalue weighted by atomic mass is 10.1. The van der Waals surface area contributed by atoms with E-state index in [9.17, 15) is 0 Å². The lowest BCUT2D eigenvalue weighted by Gasteiger charge is -2.21. The van der Waals surface area contributed by atoms with Crippen molar-refractivity contribution in [2.24, 2.45) is 0 Å². The predicted molar refractivity (Wildman–Crippen MR) is 70.6 cm³/mol. The van der Waals surface area contributed by atoms with E-state index in [0.29, 0.717) is 11.9 Å². The van der Waals surface area contributed by atoms with E-state index in [-0.39, 0.29) is 0 Å². The predicted octanol–water partition coefficient (Wildman–Crippen LogP) is 1.42. The van der Waals surface area contributed by atoms with Crippen molar-refractivity contribution in [1.82, 2.24) is 15.2 Å². The van der Waals surface area contributed by atoms with Crippen LogP contribution in [-0.2, 0) is 6.54 Å². The number of hydrogen-bond acceptors (Lipinski definition) is 4. The number of rotatable bonds is 4. The highest BCUT2D eigenvalue weighted by atomic mass is 16.5. The van der Waals surface area contributed by atoms with Gasteiger partial charge in [-0.2, -0.15) is 0 Å². The molecule has 2 aliphatic heterocycles. The molecule has 0 radical (unpaired) electrons. The fourth-order valence-corrected chi connectivity index (χ4v) is 3.24. The van der Waals surface area contributed by atoms with Crippen molar-refractivity contribution >= 4 is 0 Å². The third-order valence-electron chi connectivity index (χ3n) is 4.18. The molecule has 2 fully saturated rings. The number of pyridine rings is 1. The van der Waals surface area contributed by atoms with Crippen LogP contribution in [0.4, 0.5) is 0 Å². The van der Waals surface area contributed by atoms with Gasteiger partial charge >= 0.3 is 0 Å². The zero-order valence-electron chi connectivity index (χ0n) is 10.9. The Morgan fingerprint density at radius 2 is 2.39 bits per heavy atom. The van der Waals surface area contributed by atoms with Crippen molar-refractivity contribution in [3.63, 3.8) is 0 Å². The topological polar surface area (TPSA) is 37.4 Å². The second kappa shape index (κ2) is 5.24. The molecule has 1 aromatic heterocycles. The van der Waals surface area contributed by atoms with Crippen LogP contribution in [0.1, 0.15) is 24.8 Å². The Balaban J connectivity index is 1.57. The number of ether oxygens (including phenoxy) is 1. The van der Waals surface area contributed by atoms with Crippen molar-refractivity contribution in [2.75, 3.05) is 20.2 Å². The van der Waals surface area contributed by atoms with Gasteiger partial charge in [0.15, 0.2) is 0 Å². The van der Waals surface area contributed by atoms with Gasteiger partial charge in [0.05, 0.1) is 7.11 Å². The number of nitrogens with one attached hydrogen (secondary N) is 1. The van der Waals surface area contributed by atoms with Gasteiger partial charge in [0, 0.05) is 37.4 Å². The molecule has 2 unspecified atom stereocenters. The third-order valence-corrected chi connectivity index (χ3v) is 4.18. The van der Waals surface area contributed by atoms with Crippen LogP contribution in [0.5, 0.6) is 5.88 Å². The summed E-state index contributed by atoms with van der Waals surface area (Å²) < 4.78 is 5.15. The summed E-state index contributed by atoms with van der Waals surface area (Å²) in [5.74, 6) is 0.697. The number of nitrogens with zero attached hydrogens (tertiary/aromatic N) is 2. The number of hydrogen-bond donors (Lipinski definition) is 1. The molecule has 3 rings (SSSR count). The smallest absolute Gasteiger partial charge is 0.213 e. The molecule has 0 amide bonds. The summed E-state index contributed by atoms with van der Waals surface area (Å²) in [7, 11) is 1.66. The van der Waals surface area contributed by atoms with E-state index >= 15 is 0 Å². The lowest BCUT2D eigenvalue weighted by Crippen LogP contribution is -2.38. The minimum Gasteiger partial charge on any atom is -0.481 e. The van der Waals surface area contributed by atoms with Crippen molar-refractivity contribution in [1.29, 1.82) is 0 Å². The van der Waals surface area contributed by atoms with Crippen molar-refractivity contribution in [3.8, 4) is 5.88 Å². The largest absolute Gasteiger partial charge is 0.481 e. The minimum absolute atomic E-state index is 0.659. The molecule has 0 aromatic carbocycles. The Kier molecular flexibility index (Phi) is 3.48. The first-order valence-corrected chi connectivity index (χ1v) is 6.83. The van der Waals surface area contributed by atoms with E-state index in [4.69, 9.17) is 4.74 Å². The molecule has 0 saturated carbocycles. The van der Waals surface area contributed by atoms with Crippen molar-refractivity contribution in [2.45, 2.75) is 37.9 Å². The molecule has 18 heavy (non-hydrogen) atoms. The van der Waals surface area contributed by atoms with Crippen molar-refractivity contribution < 1.29 is 4.74 Å². The SMILES string of the molecule is COc1cc(CNC2CCN3CCCC23)ccn1. The minimum atomic E-state index is 0.659. The van der Waals surface area contributed by atoms with E-state index in [1.165, 1.54) is 37.9 Å². The van der Waals surface area contributed by atoms with Gasteiger partial charge in [0.1, 0.15) is 0 Å². The Labute approximate surface area is 108 Å². The van der Waals surface area contributed by atoms with Gasteiger partial charge in [-0.25, -0.2) is 4.98 Å². The van der Waals surface area contributed by atoms with Crippen LogP contribution < -0.4 is 10.1 Å². The molecule has 0 spiro atoms. The molecule has 4 heteroatoms. The molecule has 4 nitrogen and oxygen atoms in total. The summed E-state index contributed by atoms with van der Waals surface area (Å²) in [5, 5.41) is 3.70. The van der Waals surface area contributed by atoms with Gasteiger partial charge in [-0.05, 0) is 37.4 Å². The van der Waals surface area contributed by atoms with Crippen LogP contribution in [0.25, 0.3) is 0 Å². The van der Waals surface area contributed by atoms with Crippen LogP contribution in [0.2, 0.25) is 0 Å². The lowest BCUT2D eigenvalue weighted by molar-refractivity contribution is 0.298. The molecule has 1 aromatic rings. The summed E-state index contributed by atoms with van der Waals surface area (Å²) in [6.45, 7) is 3.47. The first-order chi connectivity index (χ1) is 8.86. The van der Waals surface area contributed by atoms with Crippen LogP contribution in [-0.4, -0.2) is 42.2 Å². The summed E-state index contributed by atoms with van der Waals surface area (Å²) in [6.07, 6.45) is 5.82.